The fraction of sp³-hybridized carbons (Fsp3) is 0.385. The summed E-state index contributed by atoms with van der Waals surface area (Å²) in [6.07, 6.45) is 0.450. The van der Waals surface area contributed by atoms with Gasteiger partial charge in [-0.15, -0.1) is 0 Å². The average Bonchev–Trinajstić information content (AvgIpc) is 2.33. The third-order valence-electron chi connectivity index (χ3n) is 3.00. The maximum absolute atomic E-state index is 13.4. The third-order valence-corrected chi connectivity index (χ3v) is 3.00. The molecule has 2 unspecified atom stereocenters. The molecule has 4 nitrogen and oxygen atoms in total. The van der Waals surface area contributed by atoms with Gasteiger partial charge in [0.05, 0.1) is 0 Å². The van der Waals surface area contributed by atoms with Crippen LogP contribution in [0.15, 0.2) is 12.1 Å². The molecule has 0 aromatic heterocycles. The highest BCUT2D eigenvalue weighted by Crippen LogP contribution is 2.16. The molecule has 0 heterocycles. The molecule has 1 rings (SSSR count). The van der Waals surface area contributed by atoms with Gasteiger partial charge in [0.1, 0.15) is 29.1 Å². The van der Waals surface area contributed by atoms with Crippen LogP contribution in [0.25, 0.3) is 0 Å². The second-order valence-corrected chi connectivity index (χ2v) is 4.42. The summed E-state index contributed by atoms with van der Waals surface area (Å²) in [5, 5.41) is 11.0. The number of carboxylic acid groups (broad SMARTS) is 1. The first kappa shape index (κ1) is 16.0. The summed E-state index contributed by atoms with van der Waals surface area (Å²) in [5.41, 5.74) is -0.999. The molecule has 20 heavy (non-hydrogen) atoms. The van der Waals surface area contributed by atoms with Crippen molar-refractivity contribution in [2.75, 3.05) is 0 Å². The Bertz CT molecular complexity index is 511. The van der Waals surface area contributed by atoms with E-state index in [2.05, 4.69) is 0 Å². The summed E-state index contributed by atoms with van der Waals surface area (Å²) < 4.78 is 39.6. The molecule has 1 amide bonds. The summed E-state index contributed by atoms with van der Waals surface area (Å²) in [5.74, 6) is -6.89. The van der Waals surface area contributed by atoms with Gasteiger partial charge >= 0.3 is 5.97 Å². The number of nitrogens with one attached hydrogen (secondary N) is 1. The number of carboxylic acids is 1. The van der Waals surface area contributed by atoms with Gasteiger partial charge in [-0.1, -0.05) is 20.3 Å². The van der Waals surface area contributed by atoms with Crippen molar-refractivity contribution in [3.05, 3.63) is 35.1 Å². The van der Waals surface area contributed by atoms with E-state index in [-0.39, 0.29) is 0 Å². The zero-order valence-electron chi connectivity index (χ0n) is 10.9. The van der Waals surface area contributed by atoms with Crippen molar-refractivity contribution in [3.63, 3.8) is 0 Å². The lowest BCUT2D eigenvalue weighted by atomic mass is 9.99. The zero-order valence-corrected chi connectivity index (χ0v) is 10.9. The fourth-order valence-electron chi connectivity index (χ4n) is 1.66. The number of rotatable bonds is 5. The minimum atomic E-state index is -1.38. The van der Waals surface area contributed by atoms with Gasteiger partial charge in [-0.2, -0.15) is 0 Å². The van der Waals surface area contributed by atoms with Crippen molar-refractivity contribution in [1.82, 2.24) is 5.32 Å². The van der Waals surface area contributed by atoms with Gasteiger partial charge in [-0.05, 0) is 5.92 Å². The molecule has 1 aromatic rings. The number of carbonyl (C=O) groups excluding carboxylic acids is 1. The molecule has 0 radical (unpaired) electrons. The molecule has 1 aromatic carbocycles. The molecule has 0 bridgehead atoms. The highest BCUT2D eigenvalue weighted by atomic mass is 19.1. The number of hydrogen-bond donors (Lipinski definition) is 2. The van der Waals surface area contributed by atoms with E-state index in [0.29, 0.717) is 18.6 Å². The average molecular weight is 289 g/mol. The highest BCUT2D eigenvalue weighted by molar-refractivity contribution is 5.97. The van der Waals surface area contributed by atoms with Crippen molar-refractivity contribution in [2.24, 2.45) is 5.92 Å². The van der Waals surface area contributed by atoms with E-state index in [4.69, 9.17) is 5.11 Å². The minimum Gasteiger partial charge on any atom is -0.480 e. The summed E-state index contributed by atoms with van der Waals surface area (Å²) >= 11 is 0. The van der Waals surface area contributed by atoms with Gasteiger partial charge in [-0.25, -0.2) is 18.0 Å². The Kier molecular flexibility index (Phi) is 5.12. The van der Waals surface area contributed by atoms with Crippen molar-refractivity contribution in [1.29, 1.82) is 0 Å². The van der Waals surface area contributed by atoms with Crippen LogP contribution in [0, 0.1) is 23.4 Å². The summed E-state index contributed by atoms with van der Waals surface area (Å²) in [7, 11) is 0. The smallest absolute Gasteiger partial charge is 0.326 e. The lowest BCUT2D eigenvalue weighted by Crippen LogP contribution is -2.45. The van der Waals surface area contributed by atoms with Gasteiger partial charge in [0.15, 0.2) is 0 Å². The zero-order chi connectivity index (χ0) is 15.4. The van der Waals surface area contributed by atoms with E-state index >= 15 is 0 Å². The number of carbonyl (C=O) groups is 2. The maximum atomic E-state index is 13.4. The highest BCUT2D eigenvalue weighted by Gasteiger charge is 2.28. The van der Waals surface area contributed by atoms with Crippen LogP contribution in [0.2, 0.25) is 0 Å². The lowest BCUT2D eigenvalue weighted by molar-refractivity contribution is -0.140. The molecule has 110 valence electrons. The molecule has 0 aliphatic heterocycles. The standard InChI is InChI=1S/C13H14F3NO3/c1-3-6(2)11(13(19)20)17-12(18)10-8(15)4-7(14)5-9(10)16/h4-6,11H,3H2,1-2H3,(H,17,18)(H,19,20). The van der Waals surface area contributed by atoms with Gasteiger partial charge < -0.3 is 10.4 Å². The molecular weight excluding hydrogens is 275 g/mol. The Morgan fingerprint density at radius 3 is 2.15 bits per heavy atom. The summed E-state index contributed by atoms with van der Waals surface area (Å²) in [6, 6.07) is -0.565. The van der Waals surface area contributed by atoms with E-state index < -0.39 is 46.9 Å². The number of hydrogen-bond acceptors (Lipinski definition) is 2. The molecule has 0 aliphatic carbocycles. The predicted octanol–water partition coefficient (Wildman–Crippen LogP) is 2.33. The van der Waals surface area contributed by atoms with Gasteiger partial charge in [0.25, 0.3) is 5.91 Å². The van der Waals surface area contributed by atoms with Gasteiger partial charge in [0, 0.05) is 12.1 Å². The molecule has 2 atom stereocenters. The molecule has 0 aliphatic rings. The predicted molar refractivity (Wildman–Crippen MR) is 64.7 cm³/mol. The number of amides is 1. The third kappa shape index (κ3) is 3.49. The number of aliphatic carboxylic acids is 1. The van der Waals surface area contributed by atoms with Crippen molar-refractivity contribution < 1.29 is 27.9 Å². The Hall–Kier alpha value is -2.05. The first-order valence-electron chi connectivity index (χ1n) is 5.96. The molecule has 2 N–H and O–H groups in total. The van der Waals surface area contributed by atoms with Crippen LogP contribution in [0.5, 0.6) is 0 Å². The topological polar surface area (TPSA) is 66.4 Å². The maximum Gasteiger partial charge on any atom is 0.326 e. The normalized spacial score (nSPS) is 13.7. The van der Waals surface area contributed by atoms with E-state index in [1.54, 1.807) is 13.8 Å². The Morgan fingerprint density at radius 1 is 1.25 bits per heavy atom. The van der Waals surface area contributed by atoms with Crippen LogP contribution in [-0.2, 0) is 4.79 Å². The quantitative estimate of drug-likeness (QED) is 0.874. The van der Waals surface area contributed by atoms with E-state index in [1.165, 1.54) is 0 Å². The van der Waals surface area contributed by atoms with E-state index in [1.807, 2.05) is 5.32 Å². The minimum absolute atomic E-state index is 0.358. The first-order chi connectivity index (χ1) is 9.27. The fourth-order valence-corrected chi connectivity index (χ4v) is 1.66. The van der Waals surface area contributed by atoms with Gasteiger partial charge in [0.2, 0.25) is 0 Å². The van der Waals surface area contributed by atoms with Crippen LogP contribution in [0.1, 0.15) is 30.6 Å². The number of benzene rings is 1. The second kappa shape index (κ2) is 6.40. The first-order valence-corrected chi connectivity index (χ1v) is 5.96. The molecular formula is C13H14F3NO3. The van der Waals surface area contributed by atoms with Crippen LogP contribution in [-0.4, -0.2) is 23.0 Å². The van der Waals surface area contributed by atoms with Gasteiger partial charge in [-0.3, -0.25) is 4.79 Å². The molecule has 0 spiro atoms. The van der Waals surface area contributed by atoms with Crippen LogP contribution >= 0.6 is 0 Å². The SMILES string of the molecule is CCC(C)C(NC(=O)c1c(F)cc(F)cc1F)C(=O)O. The van der Waals surface area contributed by atoms with Crippen molar-refractivity contribution in [2.45, 2.75) is 26.3 Å². The Morgan fingerprint density at radius 2 is 1.75 bits per heavy atom. The Balaban J connectivity index is 3.04. The largest absolute Gasteiger partial charge is 0.480 e. The van der Waals surface area contributed by atoms with E-state index in [0.717, 1.165) is 0 Å². The van der Waals surface area contributed by atoms with Crippen LogP contribution in [0.4, 0.5) is 13.2 Å². The summed E-state index contributed by atoms with van der Waals surface area (Å²) in [4.78, 5) is 22.8. The van der Waals surface area contributed by atoms with Crippen molar-refractivity contribution in [3.8, 4) is 0 Å². The van der Waals surface area contributed by atoms with Crippen molar-refractivity contribution >= 4 is 11.9 Å². The number of halogens is 3. The Labute approximate surface area is 113 Å². The second-order valence-electron chi connectivity index (χ2n) is 4.42. The lowest BCUT2D eigenvalue weighted by Gasteiger charge is -2.20. The van der Waals surface area contributed by atoms with E-state index in [9.17, 15) is 22.8 Å². The summed E-state index contributed by atoms with van der Waals surface area (Å²) in [6.45, 7) is 3.29. The van der Waals surface area contributed by atoms with Crippen LogP contribution < -0.4 is 5.32 Å². The van der Waals surface area contributed by atoms with Crippen LogP contribution in [0.3, 0.4) is 0 Å². The molecule has 7 heteroatoms. The monoisotopic (exact) mass is 289 g/mol. The molecule has 0 saturated heterocycles. The molecule has 0 saturated carbocycles. The molecule has 0 fully saturated rings.